The smallest absolute Gasteiger partial charge is 0.247 e. The summed E-state index contributed by atoms with van der Waals surface area (Å²) in [5.74, 6) is 0.249. The van der Waals surface area contributed by atoms with Gasteiger partial charge in [-0.05, 0) is 37.8 Å². The van der Waals surface area contributed by atoms with E-state index in [9.17, 15) is 4.79 Å². The number of likely N-dealkylation sites (tertiary alicyclic amines) is 1. The summed E-state index contributed by atoms with van der Waals surface area (Å²) in [6, 6.07) is 8.35. The van der Waals surface area contributed by atoms with Gasteiger partial charge in [-0.1, -0.05) is 19.1 Å². The Morgan fingerprint density at radius 1 is 1.30 bits per heavy atom. The number of nitrogens with zero attached hydrogens (tertiary/aromatic N) is 1. The first-order valence-corrected chi connectivity index (χ1v) is 7.69. The van der Waals surface area contributed by atoms with Crippen LogP contribution in [-0.4, -0.2) is 36.0 Å². The summed E-state index contributed by atoms with van der Waals surface area (Å²) in [4.78, 5) is 14.8. The maximum Gasteiger partial charge on any atom is 0.247 e. The van der Waals surface area contributed by atoms with E-state index in [1.165, 1.54) is 6.42 Å². The van der Waals surface area contributed by atoms with Gasteiger partial charge in [-0.3, -0.25) is 4.79 Å². The number of hydrogen-bond acceptors (Lipinski definition) is 3. The summed E-state index contributed by atoms with van der Waals surface area (Å²) >= 11 is 0. The minimum atomic E-state index is -0.142. The predicted octanol–water partition coefficient (Wildman–Crippen LogP) is 2.68. The second-order valence-corrected chi connectivity index (χ2v) is 5.71. The first kappa shape index (κ1) is 13.3. The number of rotatable bonds is 2. The summed E-state index contributed by atoms with van der Waals surface area (Å²) in [6.07, 6.45) is 4.60. The minimum absolute atomic E-state index is 0.142. The third-order valence-corrected chi connectivity index (χ3v) is 4.43. The predicted molar refractivity (Wildman–Crippen MR) is 82.0 cm³/mol. The Morgan fingerprint density at radius 2 is 2.10 bits per heavy atom. The van der Waals surface area contributed by atoms with Crippen LogP contribution in [0, 0.1) is 0 Å². The van der Waals surface area contributed by atoms with Gasteiger partial charge in [-0.15, -0.1) is 0 Å². The van der Waals surface area contributed by atoms with Gasteiger partial charge in [0.05, 0.1) is 11.4 Å². The van der Waals surface area contributed by atoms with Crippen molar-refractivity contribution in [3.8, 4) is 0 Å². The molecule has 1 aromatic rings. The molecule has 2 heterocycles. The lowest BCUT2D eigenvalue weighted by atomic mass is 9.98. The summed E-state index contributed by atoms with van der Waals surface area (Å²) in [7, 11) is 0. The van der Waals surface area contributed by atoms with Crippen LogP contribution in [0.5, 0.6) is 0 Å². The molecule has 3 rings (SSSR count). The quantitative estimate of drug-likeness (QED) is 0.870. The average Bonchev–Trinajstić information content (AvgIpc) is 2.53. The van der Waals surface area contributed by atoms with Crippen LogP contribution >= 0.6 is 0 Å². The highest BCUT2D eigenvalue weighted by molar-refractivity contribution is 5.89. The molecule has 2 N–H and O–H groups in total. The Kier molecular flexibility index (Phi) is 3.81. The first-order chi connectivity index (χ1) is 9.79. The van der Waals surface area contributed by atoms with Crippen molar-refractivity contribution in [2.45, 2.75) is 44.7 Å². The Hall–Kier alpha value is -1.71. The average molecular weight is 273 g/mol. The molecular formula is C16H23N3O. The van der Waals surface area contributed by atoms with E-state index in [0.717, 1.165) is 37.2 Å². The number of piperidine rings is 1. The molecule has 20 heavy (non-hydrogen) atoms. The zero-order valence-corrected chi connectivity index (χ0v) is 12.1. The highest BCUT2D eigenvalue weighted by Crippen LogP contribution is 2.27. The SMILES string of the molecule is CCC1CCCCN1C(=O)C1CNc2ccccc2N1. The van der Waals surface area contributed by atoms with Gasteiger partial charge in [0.15, 0.2) is 0 Å². The number of anilines is 2. The number of benzene rings is 1. The van der Waals surface area contributed by atoms with Crippen LogP contribution in [0.15, 0.2) is 24.3 Å². The fourth-order valence-corrected chi connectivity index (χ4v) is 3.28. The maximum absolute atomic E-state index is 12.8. The van der Waals surface area contributed by atoms with Crippen molar-refractivity contribution in [2.75, 3.05) is 23.7 Å². The minimum Gasteiger partial charge on any atom is -0.381 e. The van der Waals surface area contributed by atoms with Gasteiger partial charge in [0, 0.05) is 19.1 Å². The second kappa shape index (κ2) is 5.73. The van der Waals surface area contributed by atoms with E-state index in [-0.39, 0.29) is 11.9 Å². The van der Waals surface area contributed by atoms with Crippen molar-refractivity contribution < 1.29 is 4.79 Å². The van der Waals surface area contributed by atoms with Crippen molar-refractivity contribution in [3.63, 3.8) is 0 Å². The molecule has 0 saturated carbocycles. The molecule has 2 atom stereocenters. The number of hydrogen-bond donors (Lipinski definition) is 2. The summed E-state index contributed by atoms with van der Waals surface area (Å²) in [5, 5.41) is 6.74. The Morgan fingerprint density at radius 3 is 2.90 bits per heavy atom. The molecule has 2 aliphatic rings. The Labute approximate surface area is 120 Å². The molecule has 0 aromatic heterocycles. The number of para-hydroxylation sites is 2. The van der Waals surface area contributed by atoms with E-state index in [1.807, 2.05) is 24.3 Å². The highest BCUT2D eigenvalue weighted by Gasteiger charge is 2.32. The van der Waals surface area contributed by atoms with Crippen molar-refractivity contribution in [3.05, 3.63) is 24.3 Å². The molecule has 1 aromatic carbocycles. The van der Waals surface area contributed by atoms with Gasteiger partial charge in [-0.2, -0.15) is 0 Å². The van der Waals surface area contributed by atoms with Crippen LogP contribution in [0.3, 0.4) is 0 Å². The van der Waals surface area contributed by atoms with E-state index in [2.05, 4.69) is 22.5 Å². The molecule has 108 valence electrons. The van der Waals surface area contributed by atoms with Gasteiger partial charge < -0.3 is 15.5 Å². The Bertz CT molecular complexity index is 488. The molecule has 4 heteroatoms. The fraction of sp³-hybridized carbons (Fsp3) is 0.562. The van der Waals surface area contributed by atoms with Crippen molar-refractivity contribution in [1.29, 1.82) is 0 Å². The normalized spacial score (nSPS) is 25.4. The third-order valence-electron chi connectivity index (χ3n) is 4.43. The van der Waals surface area contributed by atoms with Crippen molar-refractivity contribution in [1.82, 2.24) is 4.90 Å². The van der Waals surface area contributed by atoms with Gasteiger partial charge in [0.25, 0.3) is 0 Å². The van der Waals surface area contributed by atoms with Crippen LogP contribution < -0.4 is 10.6 Å². The summed E-state index contributed by atoms with van der Waals surface area (Å²) < 4.78 is 0. The molecular weight excluding hydrogens is 250 g/mol. The van der Waals surface area contributed by atoms with Crippen LogP contribution in [0.2, 0.25) is 0 Å². The standard InChI is InChI=1S/C16H23N3O/c1-2-12-7-5-6-10-19(12)16(20)15-11-17-13-8-3-4-9-14(13)18-15/h3-4,8-9,12,15,17-18H,2,5-7,10-11H2,1H3. The second-order valence-electron chi connectivity index (χ2n) is 5.71. The lowest BCUT2D eigenvalue weighted by Crippen LogP contribution is -2.53. The summed E-state index contributed by atoms with van der Waals surface area (Å²) in [6.45, 7) is 3.76. The molecule has 0 radical (unpaired) electrons. The lowest BCUT2D eigenvalue weighted by molar-refractivity contribution is -0.135. The van der Waals surface area contributed by atoms with E-state index in [0.29, 0.717) is 12.6 Å². The van der Waals surface area contributed by atoms with Crippen LogP contribution in [-0.2, 0) is 4.79 Å². The number of fused-ring (bicyclic) bond motifs is 1. The Balaban J connectivity index is 1.72. The lowest BCUT2D eigenvalue weighted by Gasteiger charge is -2.39. The van der Waals surface area contributed by atoms with Crippen LogP contribution in [0.1, 0.15) is 32.6 Å². The van der Waals surface area contributed by atoms with Gasteiger partial charge >= 0.3 is 0 Å². The monoisotopic (exact) mass is 273 g/mol. The zero-order valence-electron chi connectivity index (χ0n) is 12.1. The first-order valence-electron chi connectivity index (χ1n) is 7.69. The van der Waals surface area contributed by atoms with Gasteiger partial charge in [0.2, 0.25) is 5.91 Å². The molecule has 1 saturated heterocycles. The van der Waals surface area contributed by atoms with Crippen LogP contribution in [0.25, 0.3) is 0 Å². The topological polar surface area (TPSA) is 44.4 Å². The fourth-order valence-electron chi connectivity index (χ4n) is 3.28. The van der Waals surface area contributed by atoms with E-state index >= 15 is 0 Å². The number of nitrogens with one attached hydrogen (secondary N) is 2. The van der Waals surface area contributed by atoms with Gasteiger partial charge in [-0.25, -0.2) is 0 Å². The van der Waals surface area contributed by atoms with Crippen LogP contribution in [0.4, 0.5) is 11.4 Å². The highest BCUT2D eigenvalue weighted by atomic mass is 16.2. The largest absolute Gasteiger partial charge is 0.381 e. The molecule has 2 unspecified atom stereocenters. The number of carbonyl (C=O) groups excluding carboxylic acids is 1. The molecule has 0 bridgehead atoms. The van der Waals surface area contributed by atoms with Gasteiger partial charge in [0.1, 0.15) is 6.04 Å². The molecule has 1 fully saturated rings. The van der Waals surface area contributed by atoms with E-state index in [1.54, 1.807) is 0 Å². The molecule has 4 nitrogen and oxygen atoms in total. The number of carbonyl (C=O) groups is 1. The molecule has 0 aliphatic carbocycles. The number of amides is 1. The molecule has 1 amide bonds. The van der Waals surface area contributed by atoms with Crippen molar-refractivity contribution >= 4 is 17.3 Å². The zero-order chi connectivity index (χ0) is 13.9. The maximum atomic E-state index is 12.8. The molecule has 2 aliphatic heterocycles. The van der Waals surface area contributed by atoms with E-state index < -0.39 is 0 Å². The van der Waals surface area contributed by atoms with Crippen molar-refractivity contribution in [2.24, 2.45) is 0 Å². The molecule has 0 spiro atoms. The summed E-state index contributed by atoms with van der Waals surface area (Å²) in [5.41, 5.74) is 2.12. The van der Waals surface area contributed by atoms with E-state index in [4.69, 9.17) is 0 Å². The third kappa shape index (κ3) is 2.47.